The number of anilines is 1. The number of fused-ring (bicyclic) bond motifs is 1. The highest BCUT2D eigenvalue weighted by Gasteiger charge is 2.06. The number of rotatable bonds is 3. The summed E-state index contributed by atoms with van der Waals surface area (Å²) in [7, 11) is 0. The number of aromatic hydroxyl groups is 1. The zero-order valence-corrected chi connectivity index (χ0v) is 11.5. The lowest BCUT2D eigenvalue weighted by Crippen LogP contribution is -2.25. The first kappa shape index (κ1) is 14.3. The maximum absolute atomic E-state index is 11.9. The third-order valence-electron chi connectivity index (χ3n) is 2.94. The fourth-order valence-corrected chi connectivity index (χ4v) is 1.90. The number of hydrogen-bond acceptors (Lipinski definition) is 7. The molecule has 0 unspecified atom stereocenters. The van der Waals surface area contributed by atoms with Crippen LogP contribution in [-0.4, -0.2) is 31.3 Å². The molecular formula is C13H10N6O4. The molecule has 23 heavy (non-hydrogen) atoms. The van der Waals surface area contributed by atoms with Crippen molar-refractivity contribution in [2.24, 2.45) is 5.10 Å². The van der Waals surface area contributed by atoms with Gasteiger partial charge in [0.1, 0.15) is 5.56 Å². The van der Waals surface area contributed by atoms with Crippen molar-refractivity contribution in [1.29, 1.82) is 0 Å². The molecule has 3 rings (SSSR count). The standard InChI is InChI=1S/C13H10N6O4/c20-9-6-3-1-2-4-8(6)15-12(16-9)19-14-5-7-10(21)17-13(23)18-11(7)22/h1-5H,(H2,15,16,19,20)(H3,17,18,21,22,23). The van der Waals surface area contributed by atoms with Gasteiger partial charge in [0.05, 0.1) is 17.1 Å². The van der Waals surface area contributed by atoms with Gasteiger partial charge >= 0.3 is 5.69 Å². The van der Waals surface area contributed by atoms with E-state index in [2.05, 4.69) is 20.5 Å². The Hall–Kier alpha value is -3.69. The lowest BCUT2D eigenvalue weighted by molar-refractivity contribution is 0.447. The Morgan fingerprint density at radius 2 is 1.87 bits per heavy atom. The van der Waals surface area contributed by atoms with Gasteiger partial charge in [-0.25, -0.2) is 15.2 Å². The first-order valence-electron chi connectivity index (χ1n) is 6.38. The molecule has 3 aromatic rings. The van der Waals surface area contributed by atoms with E-state index >= 15 is 0 Å². The summed E-state index contributed by atoms with van der Waals surface area (Å²) in [6.07, 6.45) is 0.985. The number of nitrogens with zero attached hydrogens (tertiary/aromatic N) is 2. The van der Waals surface area contributed by atoms with Gasteiger partial charge < -0.3 is 5.11 Å². The number of aromatic nitrogens is 4. The molecule has 1 aromatic carbocycles. The predicted octanol–water partition coefficient (Wildman–Crippen LogP) is -0.549. The lowest BCUT2D eigenvalue weighted by Gasteiger charge is -2.01. The minimum absolute atomic E-state index is 0.0605. The Labute approximate surface area is 126 Å². The predicted molar refractivity (Wildman–Crippen MR) is 82.9 cm³/mol. The Kier molecular flexibility index (Phi) is 3.47. The monoisotopic (exact) mass is 314 g/mol. The first-order valence-corrected chi connectivity index (χ1v) is 6.38. The van der Waals surface area contributed by atoms with Gasteiger partial charge in [0.25, 0.3) is 11.1 Å². The quantitative estimate of drug-likeness (QED) is 0.322. The molecule has 0 aliphatic carbocycles. The molecule has 0 amide bonds. The van der Waals surface area contributed by atoms with Crippen molar-refractivity contribution in [2.45, 2.75) is 0 Å². The van der Waals surface area contributed by atoms with E-state index in [1.54, 1.807) is 24.3 Å². The van der Waals surface area contributed by atoms with Crippen LogP contribution in [0.1, 0.15) is 5.56 Å². The Morgan fingerprint density at radius 3 is 2.65 bits per heavy atom. The molecule has 2 heterocycles. The lowest BCUT2D eigenvalue weighted by atomic mass is 10.2. The summed E-state index contributed by atoms with van der Waals surface area (Å²) >= 11 is 0. The van der Waals surface area contributed by atoms with Crippen LogP contribution in [0.4, 0.5) is 5.95 Å². The number of H-pyrrole nitrogens is 3. The van der Waals surface area contributed by atoms with Crippen LogP contribution in [0.3, 0.4) is 0 Å². The van der Waals surface area contributed by atoms with Crippen molar-refractivity contribution in [3.05, 3.63) is 61.0 Å². The highest BCUT2D eigenvalue weighted by molar-refractivity contribution is 5.82. The van der Waals surface area contributed by atoms with Crippen LogP contribution in [-0.2, 0) is 0 Å². The third-order valence-corrected chi connectivity index (χ3v) is 2.94. The summed E-state index contributed by atoms with van der Waals surface area (Å²) in [6, 6.07) is 6.75. The van der Waals surface area contributed by atoms with Gasteiger partial charge in [-0.05, 0) is 12.1 Å². The van der Waals surface area contributed by atoms with Crippen molar-refractivity contribution in [1.82, 2.24) is 19.9 Å². The molecule has 0 atom stereocenters. The van der Waals surface area contributed by atoms with Crippen molar-refractivity contribution in [2.75, 3.05) is 5.43 Å². The van der Waals surface area contributed by atoms with Crippen molar-refractivity contribution < 1.29 is 5.11 Å². The fraction of sp³-hybridized carbons (Fsp3) is 0. The molecular weight excluding hydrogens is 304 g/mol. The number of benzene rings is 1. The molecule has 10 nitrogen and oxygen atoms in total. The van der Waals surface area contributed by atoms with Crippen LogP contribution in [0, 0.1) is 0 Å². The third kappa shape index (κ3) is 2.85. The van der Waals surface area contributed by atoms with Gasteiger partial charge in [0, 0.05) is 0 Å². The molecule has 0 radical (unpaired) electrons. The molecule has 2 aromatic heterocycles. The molecule has 0 aliphatic rings. The van der Waals surface area contributed by atoms with E-state index in [9.17, 15) is 19.5 Å². The number of hydrogen-bond donors (Lipinski definition) is 5. The molecule has 0 spiro atoms. The second kappa shape index (κ2) is 5.60. The van der Waals surface area contributed by atoms with Crippen molar-refractivity contribution in [3.8, 4) is 5.88 Å². The maximum Gasteiger partial charge on any atom is 0.328 e. The van der Waals surface area contributed by atoms with Gasteiger partial charge in [-0.3, -0.25) is 24.5 Å². The largest absolute Gasteiger partial charge is 0.494 e. The van der Waals surface area contributed by atoms with Crippen LogP contribution in [0.5, 0.6) is 5.88 Å². The fourth-order valence-electron chi connectivity index (χ4n) is 1.90. The van der Waals surface area contributed by atoms with E-state index in [0.717, 1.165) is 6.21 Å². The zero-order chi connectivity index (χ0) is 16.4. The molecule has 0 aliphatic heterocycles. The molecule has 116 valence electrons. The molecule has 0 saturated heterocycles. The van der Waals surface area contributed by atoms with E-state index in [4.69, 9.17) is 0 Å². The molecule has 5 N–H and O–H groups in total. The van der Waals surface area contributed by atoms with E-state index in [1.807, 2.05) is 9.97 Å². The van der Waals surface area contributed by atoms with Gasteiger partial charge in [-0.2, -0.15) is 5.10 Å². The highest BCUT2D eigenvalue weighted by Crippen LogP contribution is 2.08. The molecule has 0 bridgehead atoms. The topological polar surface area (TPSA) is 156 Å². The van der Waals surface area contributed by atoms with E-state index in [0.29, 0.717) is 10.9 Å². The SMILES string of the molecule is O=c1[nH]c(O)c(C=NNc2nc3ccccc3c(=O)[nH]2)c(=O)[nH]1. The maximum atomic E-state index is 11.9. The zero-order valence-electron chi connectivity index (χ0n) is 11.5. The molecule has 0 fully saturated rings. The summed E-state index contributed by atoms with van der Waals surface area (Å²) in [5.74, 6) is -0.561. The van der Waals surface area contributed by atoms with Gasteiger partial charge in [-0.1, -0.05) is 12.1 Å². The average molecular weight is 314 g/mol. The minimum Gasteiger partial charge on any atom is -0.494 e. The highest BCUT2D eigenvalue weighted by atomic mass is 16.3. The Balaban J connectivity index is 1.91. The smallest absolute Gasteiger partial charge is 0.328 e. The van der Waals surface area contributed by atoms with Crippen molar-refractivity contribution in [3.63, 3.8) is 0 Å². The Bertz CT molecular complexity index is 1080. The average Bonchev–Trinajstić information content (AvgIpc) is 2.50. The van der Waals surface area contributed by atoms with E-state index < -0.39 is 17.1 Å². The summed E-state index contributed by atoms with van der Waals surface area (Å²) in [5.41, 5.74) is 0.671. The van der Waals surface area contributed by atoms with Crippen LogP contribution < -0.4 is 22.2 Å². The number of aromatic amines is 3. The summed E-state index contributed by atoms with van der Waals surface area (Å²) in [5, 5.41) is 13.6. The van der Waals surface area contributed by atoms with Gasteiger partial charge in [-0.15, -0.1) is 0 Å². The van der Waals surface area contributed by atoms with Crippen molar-refractivity contribution >= 4 is 23.1 Å². The van der Waals surface area contributed by atoms with Crippen LogP contribution in [0.2, 0.25) is 0 Å². The summed E-state index contributed by atoms with van der Waals surface area (Å²) < 4.78 is 0. The summed E-state index contributed by atoms with van der Waals surface area (Å²) in [6.45, 7) is 0. The second-order valence-electron chi connectivity index (χ2n) is 4.47. The first-order chi connectivity index (χ1) is 11.0. The van der Waals surface area contributed by atoms with Crippen LogP contribution in [0.15, 0.2) is 43.8 Å². The van der Waals surface area contributed by atoms with E-state index in [1.165, 1.54) is 0 Å². The minimum atomic E-state index is -0.835. The van der Waals surface area contributed by atoms with Gasteiger partial charge in [0.2, 0.25) is 11.8 Å². The van der Waals surface area contributed by atoms with E-state index in [-0.39, 0.29) is 17.1 Å². The Morgan fingerprint density at radius 1 is 1.09 bits per heavy atom. The second-order valence-corrected chi connectivity index (χ2v) is 4.47. The molecule has 0 saturated carbocycles. The number of nitrogens with one attached hydrogen (secondary N) is 4. The number of para-hydroxylation sites is 1. The van der Waals surface area contributed by atoms with Crippen LogP contribution in [0.25, 0.3) is 10.9 Å². The number of hydrazone groups is 1. The van der Waals surface area contributed by atoms with Gasteiger partial charge in [0.15, 0.2) is 0 Å². The molecule has 10 heteroatoms. The van der Waals surface area contributed by atoms with Crippen LogP contribution >= 0.6 is 0 Å². The normalized spacial score (nSPS) is 11.1. The summed E-state index contributed by atoms with van der Waals surface area (Å²) in [4.78, 5) is 44.9.